The van der Waals surface area contributed by atoms with E-state index in [1.807, 2.05) is 0 Å². The van der Waals surface area contributed by atoms with Crippen LogP contribution in [0.3, 0.4) is 0 Å². The predicted octanol–water partition coefficient (Wildman–Crippen LogP) is -3.64. The molecule has 0 aliphatic heterocycles. The molecule has 0 aromatic heterocycles. The third-order valence-electron chi connectivity index (χ3n) is 0. The van der Waals surface area contributed by atoms with Gasteiger partial charge in [-0.15, -0.1) is 0 Å². The largest absolute Gasteiger partial charge is 0.668 e. The molecule has 0 bridgehead atoms. The number of hydrogen-bond donors (Lipinski definition) is 6. The van der Waals surface area contributed by atoms with Gasteiger partial charge in [-0.3, -0.25) is 9.11 Å². The van der Waals surface area contributed by atoms with Gasteiger partial charge in [0, 0.05) is 27.3 Å². The first-order valence-electron chi connectivity index (χ1n) is 1.59. The van der Waals surface area contributed by atoms with Crippen LogP contribution in [0.2, 0.25) is 0 Å². The molecule has 11 heteroatoms. The van der Waals surface area contributed by atoms with Gasteiger partial charge in [0.05, 0.1) is 0 Å². The molecule has 0 aliphatic rings. The Kier molecular flexibility index (Phi) is 10.3. The van der Waals surface area contributed by atoms with Crippen molar-refractivity contribution in [3.8, 4) is 0 Å². The van der Waals surface area contributed by atoms with E-state index >= 15 is 0 Å². The van der Waals surface area contributed by atoms with Crippen LogP contribution in [-0.2, 0) is 10.4 Å². The summed E-state index contributed by atoms with van der Waals surface area (Å²) >= 11 is 0. The topological polar surface area (TPSA) is 156 Å². The molecule has 0 rings (SSSR count). The summed E-state index contributed by atoms with van der Waals surface area (Å²) in [4.78, 5) is 29.3. The molecule has 68 valence electrons. The first kappa shape index (κ1) is 17.8. The van der Waals surface area contributed by atoms with Crippen LogP contribution in [0.15, 0.2) is 0 Å². The van der Waals surface area contributed by atoms with Crippen LogP contribution < -0.4 is 0 Å². The van der Waals surface area contributed by atoms with E-state index in [0.29, 0.717) is 0 Å². The van der Waals surface area contributed by atoms with Crippen molar-refractivity contribution in [1.82, 2.24) is 0 Å². The van der Waals surface area contributed by atoms with Crippen molar-refractivity contribution in [2.24, 2.45) is 0 Å². The van der Waals surface area contributed by atoms with Gasteiger partial charge in [0.25, 0.3) is 0 Å². The van der Waals surface area contributed by atoms with Gasteiger partial charge >= 0.3 is 19.4 Å². The Labute approximate surface area is 83.3 Å². The zero-order valence-corrected chi connectivity index (χ0v) is 10.6. The smallest absolute Gasteiger partial charge is 0.368 e. The molecule has 0 aliphatic carbocycles. The maximum absolute atomic E-state index is 8.74. The van der Waals surface area contributed by atoms with E-state index in [4.69, 9.17) is 36.7 Å². The molecule has 0 amide bonds. The minimum absolute atomic E-state index is 0. The minimum Gasteiger partial charge on any atom is -0.368 e. The quantitative estimate of drug-likeness (QED) is 0.179. The Balaban J connectivity index is -0.000000107. The third kappa shape index (κ3) is 1180. The van der Waals surface area contributed by atoms with Gasteiger partial charge in [0.1, 0.15) is 0 Å². The van der Waals surface area contributed by atoms with Crippen molar-refractivity contribution < 1.29 is 36.7 Å². The molecule has 0 aromatic carbocycles. The summed E-state index contributed by atoms with van der Waals surface area (Å²) < 4.78 is 31.6. The van der Waals surface area contributed by atoms with E-state index < -0.39 is 19.4 Å². The Hall–Kier alpha value is 0.849. The Bertz CT molecular complexity index is 149. The second-order valence-electron chi connectivity index (χ2n) is 1.05. The van der Waals surface area contributed by atoms with Crippen molar-refractivity contribution >= 4 is 46.7 Å². The molecule has 6 N–H and O–H groups in total. The normalized spacial score (nSPS) is 10.7. The van der Waals surface area contributed by atoms with Crippen LogP contribution >= 0.6 is 0 Å². The van der Waals surface area contributed by atoms with E-state index in [9.17, 15) is 0 Å². The summed E-state index contributed by atoms with van der Waals surface area (Å²) in [5.41, 5.74) is 0. The summed E-state index contributed by atoms with van der Waals surface area (Å²) in [6, 6.07) is 0. The van der Waals surface area contributed by atoms with Crippen LogP contribution in [-0.4, -0.2) is 73.1 Å². The maximum Gasteiger partial charge on any atom is 0.668 e. The molecular formula is H6O8PbSSi. The van der Waals surface area contributed by atoms with Crippen molar-refractivity contribution in [2.75, 3.05) is 0 Å². The molecule has 8 nitrogen and oxygen atoms in total. The first-order chi connectivity index (χ1) is 4.00. The SMILES string of the molecule is O=S(=O)(O)O.O[Si](O)(O)O.[Pb]. The van der Waals surface area contributed by atoms with Crippen LogP contribution in [0.4, 0.5) is 0 Å². The van der Waals surface area contributed by atoms with Crippen molar-refractivity contribution in [3.05, 3.63) is 0 Å². The standard InChI is InChI=1S/H2O4S.H4O4Si.Pb/c2*1-5(2,3)4;/h(H2,1,2,3,4);1-4H;. The summed E-state index contributed by atoms with van der Waals surface area (Å²) in [7, 11) is -9.28. The number of rotatable bonds is 0. The van der Waals surface area contributed by atoms with Gasteiger partial charge in [0.15, 0.2) is 0 Å². The molecule has 0 spiro atoms. The van der Waals surface area contributed by atoms with Gasteiger partial charge in [-0.2, -0.15) is 8.42 Å². The summed E-state index contributed by atoms with van der Waals surface area (Å²) in [5, 5.41) is 0. The van der Waals surface area contributed by atoms with E-state index in [0.717, 1.165) is 0 Å². The number of hydrogen-bond acceptors (Lipinski definition) is 6. The molecule has 0 aromatic rings. The predicted molar refractivity (Wildman–Crippen MR) is 34.6 cm³/mol. The Morgan fingerprint density at radius 2 is 0.909 bits per heavy atom. The maximum atomic E-state index is 8.74. The van der Waals surface area contributed by atoms with Crippen LogP contribution in [0.1, 0.15) is 0 Å². The van der Waals surface area contributed by atoms with Crippen molar-refractivity contribution in [2.45, 2.75) is 0 Å². The first-order valence-corrected chi connectivity index (χ1v) is 4.78. The second kappa shape index (κ2) is 6.37. The Morgan fingerprint density at radius 3 is 0.909 bits per heavy atom. The van der Waals surface area contributed by atoms with Gasteiger partial charge in [-0.25, -0.2) is 0 Å². The second-order valence-corrected chi connectivity index (χ2v) is 3.14. The van der Waals surface area contributed by atoms with Gasteiger partial charge < -0.3 is 19.2 Å². The molecule has 0 saturated heterocycles. The van der Waals surface area contributed by atoms with E-state index in [1.54, 1.807) is 0 Å². The monoisotopic (exact) mass is 402 g/mol. The molecule has 0 heterocycles. The summed E-state index contributed by atoms with van der Waals surface area (Å²) in [5.74, 6) is 0. The van der Waals surface area contributed by atoms with Gasteiger partial charge in [-0.05, 0) is 0 Å². The van der Waals surface area contributed by atoms with Gasteiger partial charge in [0.2, 0.25) is 0 Å². The molecule has 0 unspecified atom stereocenters. The van der Waals surface area contributed by atoms with Crippen LogP contribution in [0.25, 0.3) is 0 Å². The van der Waals surface area contributed by atoms with Crippen LogP contribution in [0, 0.1) is 0 Å². The van der Waals surface area contributed by atoms with E-state index in [-0.39, 0.29) is 27.3 Å². The van der Waals surface area contributed by atoms with Crippen molar-refractivity contribution in [1.29, 1.82) is 0 Å². The molecule has 11 heavy (non-hydrogen) atoms. The fourth-order valence-electron chi connectivity index (χ4n) is 0. The van der Waals surface area contributed by atoms with Crippen molar-refractivity contribution in [3.63, 3.8) is 0 Å². The molecule has 0 atom stereocenters. The van der Waals surface area contributed by atoms with E-state index in [1.165, 1.54) is 0 Å². The Morgan fingerprint density at radius 1 is 0.909 bits per heavy atom. The summed E-state index contributed by atoms with van der Waals surface area (Å²) in [6.45, 7) is 0. The fraction of sp³-hybridized carbons (Fsp3) is 0. The average molecular weight is 401 g/mol. The van der Waals surface area contributed by atoms with Gasteiger partial charge in [-0.1, -0.05) is 0 Å². The molecule has 4 radical (unpaired) electrons. The molecule has 0 saturated carbocycles. The molecular weight excluding hydrogens is 395 g/mol. The molecule has 0 fully saturated rings. The fourth-order valence-corrected chi connectivity index (χ4v) is 0. The third-order valence-corrected chi connectivity index (χ3v) is 0. The summed E-state index contributed by atoms with van der Waals surface area (Å²) in [6.07, 6.45) is 0. The van der Waals surface area contributed by atoms with E-state index in [2.05, 4.69) is 0 Å². The zero-order chi connectivity index (χ0) is 9.00. The van der Waals surface area contributed by atoms with Crippen LogP contribution in [0.5, 0.6) is 0 Å². The average Bonchev–Trinajstić information content (AvgIpc) is 1.12. The zero-order valence-electron chi connectivity index (χ0n) is 4.91. The minimum atomic E-state index is -4.67.